The third-order valence-electron chi connectivity index (χ3n) is 1.81. The second-order valence-electron chi connectivity index (χ2n) is 4.61. The van der Waals surface area contributed by atoms with E-state index < -0.39 is 12.0 Å². The molecule has 0 rings (SSSR count). The first-order valence-corrected chi connectivity index (χ1v) is 5.34. The van der Waals surface area contributed by atoms with E-state index in [0.717, 1.165) is 11.0 Å². The second kappa shape index (κ2) is 9.53. The fraction of sp³-hybridized carbons (Fsp3) is 0.900. The molecule has 6 N–H and O–H groups in total. The summed E-state index contributed by atoms with van der Waals surface area (Å²) in [5, 5.41) is 16.6. The van der Waals surface area contributed by atoms with Gasteiger partial charge < -0.3 is 26.2 Å². The van der Waals surface area contributed by atoms with Crippen LogP contribution in [0.5, 0.6) is 0 Å². The van der Waals surface area contributed by atoms with Crippen molar-refractivity contribution in [3.05, 3.63) is 0 Å². The summed E-state index contributed by atoms with van der Waals surface area (Å²) in [5.74, 6) is -0.955. The normalized spacial score (nSPS) is 12.6. The van der Waals surface area contributed by atoms with Gasteiger partial charge in [-0.1, -0.05) is 0 Å². The molecule has 6 nitrogen and oxygen atoms in total. The predicted octanol–water partition coefficient (Wildman–Crippen LogP) is -1.18. The zero-order valence-electron chi connectivity index (χ0n) is 10.5. The van der Waals surface area contributed by atoms with Crippen LogP contribution in [0.15, 0.2) is 0 Å². The van der Waals surface area contributed by atoms with E-state index in [1.165, 1.54) is 0 Å². The quantitative estimate of drug-likeness (QED) is 0.434. The number of nitrogens with two attached hydrogens (primary N) is 2. The molecular weight excluding hydrogens is 210 g/mol. The van der Waals surface area contributed by atoms with Gasteiger partial charge in [0, 0.05) is 0 Å². The van der Waals surface area contributed by atoms with Crippen LogP contribution in [0.25, 0.3) is 0 Å². The minimum Gasteiger partial charge on any atom is -0.480 e. The van der Waals surface area contributed by atoms with Gasteiger partial charge in [-0.25, -0.2) is 0 Å². The smallest absolute Gasteiger partial charge is 0.320 e. The topological polar surface area (TPSA) is 110 Å². The molecule has 0 bridgehead atoms. The van der Waals surface area contributed by atoms with Gasteiger partial charge in [0.25, 0.3) is 0 Å². The minimum atomic E-state index is -0.955. The third-order valence-corrected chi connectivity index (χ3v) is 1.81. The first-order chi connectivity index (χ1) is 7.24. The van der Waals surface area contributed by atoms with Crippen LogP contribution in [0.2, 0.25) is 0 Å². The summed E-state index contributed by atoms with van der Waals surface area (Å²) in [7, 11) is 6.16. The molecule has 16 heavy (non-hydrogen) atoms. The molecule has 0 aliphatic heterocycles. The monoisotopic (exact) mass is 236 g/mol. The van der Waals surface area contributed by atoms with E-state index in [2.05, 4.69) is 21.1 Å². The Morgan fingerprint density at radius 3 is 2.06 bits per heavy atom. The number of carbonyl (C=O) groups is 1. The van der Waals surface area contributed by atoms with Gasteiger partial charge in [0.05, 0.1) is 27.7 Å². The van der Waals surface area contributed by atoms with Crippen molar-refractivity contribution in [2.45, 2.75) is 18.9 Å². The summed E-state index contributed by atoms with van der Waals surface area (Å²) in [6.45, 7) is 1.62. The lowest BCUT2D eigenvalue weighted by Crippen LogP contribution is -2.36. The summed E-state index contributed by atoms with van der Waals surface area (Å²) >= 11 is 0. The Kier molecular flexibility index (Phi) is 10.5. The van der Waals surface area contributed by atoms with Crippen LogP contribution in [-0.2, 0) is 4.79 Å². The number of rotatable bonds is 6. The first kappa shape index (κ1) is 17.7. The molecule has 0 amide bonds. The van der Waals surface area contributed by atoms with Gasteiger partial charge in [-0.2, -0.15) is 0 Å². The fourth-order valence-electron chi connectivity index (χ4n) is 0.761. The minimum absolute atomic E-state index is 0.281. The SMILES string of the molecule is C[N+](C)(C)CCO.NCCCC(N)C(=O)O. The number of hydrogen-bond donors (Lipinski definition) is 4. The Hall–Kier alpha value is -0.690. The number of likely N-dealkylation sites (N-methyl/N-ethyl adjacent to an activating group) is 1. The van der Waals surface area contributed by atoms with Crippen molar-refractivity contribution in [2.75, 3.05) is 40.8 Å². The number of carboxylic acid groups (broad SMARTS) is 1. The number of aliphatic carboxylic acids is 1. The van der Waals surface area contributed by atoms with E-state index in [9.17, 15) is 4.79 Å². The Labute approximate surface area is 97.4 Å². The molecule has 0 heterocycles. The maximum atomic E-state index is 10.0. The van der Waals surface area contributed by atoms with Crippen molar-refractivity contribution in [3.8, 4) is 0 Å². The molecule has 0 saturated carbocycles. The van der Waals surface area contributed by atoms with E-state index in [1.54, 1.807) is 0 Å². The molecule has 0 radical (unpaired) electrons. The van der Waals surface area contributed by atoms with Crippen LogP contribution >= 0.6 is 0 Å². The summed E-state index contributed by atoms with van der Waals surface area (Å²) in [6, 6.07) is -0.742. The van der Waals surface area contributed by atoms with Crippen molar-refractivity contribution in [2.24, 2.45) is 11.5 Å². The fourth-order valence-corrected chi connectivity index (χ4v) is 0.761. The Morgan fingerprint density at radius 1 is 1.38 bits per heavy atom. The van der Waals surface area contributed by atoms with E-state index in [-0.39, 0.29) is 6.61 Å². The average Bonchev–Trinajstić information content (AvgIpc) is 2.13. The maximum absolute atomic E-state index is 10.0. The summed E-state index contributed by atoms with van der Waals surface area (Å²) in [4.78, 5) is 10.0. The summed E-state index contributed by atoms with van der Waals surface area (Å²) < 4.78 is 0.844. The van der Waals surface area contributed by atoms with E-state index in [0.29, 0.717) is 19.4 Å². The van der Waals surface area contributed by atoms with Crippen LogP contribution in [0, 0.1) is 0 Å². The number of aliphatic hydroxyl groups excluding tert-OH is 1. The third kappa shape index (κ3) is 15.8. The van der Waals surface area contributed by atoms with Gasteiger partial charge in [-0.05, 0) is 19.4 Å². The zero-order chi connectivity index (χ0) is 13.2. The van der Waals surface area contributed by atoms with E-state index in [4.69, 9.17) is 21.7 Å². The van der Waals surface area contributed by atoms with Gasteiger partial charge in [-0.3, -0.25) is 4.79 Å². The lowest BCUT2D eigenvalue weighted by atomic mass is 10.2. The average molecular weight is 236 g/mol. The molecule has 0 spiro atoms. The van der Waals surface area contributed by atoms with Crippen molar-refractivity contribution in [1.82, 2.24) is 0 Å². The molecule has 0 fully saturated rings. The highest BCUT2D eigenvalue weighted by molar-refractivity contribution is 5.72. The number of carboxylic acids is 1. The molecule has 0 aromatic carbocycles. The van der Waals surface area contributed by atoms with Crippen LogP contribution in [-0.4, -0.2) is 67.5 Å². The molecule has 1 unspecified atom stereocenters. The lowest BCUT2D eigenvalue weighted by molar-refractivity contribution is -0.870. The van der Waals surface area contributed by atoms with Crippen LogP contribution in [0.1, 0.15) is 12.8 Å². The molecule has 0 aliphatic carbocycles. The van der Waals surface area contributed by atoms with Crippen LogP contribution in [0.4, 0.5) is 0 Å². The van der Waals surface area contributed by atoms with Gasteiger partial charge in [0.1, 0.15) is 12.6 Å². The largest absolute Gasteiger partial charge is 0.480 e. The lowest BCUT2D eigenvalue weighted by Gasteiger charge is -2.21. The molecular formula is C10H26N3O3+. The molecule has 0 saturated heterocycles. The number of nitrogens with zero attached hydrogens (tertiary/aromatic N) is 1. The van der Waals surface area contributed by atoms with Crippen molar-refractivity contribution < 1.29 is 19.5 Å². The maximum Gasteiger partial charge on any atom is 0.320 e. The van der Waals surface area contributed by atoms with Crippen molar-refractivity contribution in [3.63, 3.8) is 0 Å². The van der Waals surface area contributed by atoms with Crippen LogP contribution < -0.4 is 11.5 Å². The van der Waals surface area contributed by atoms with E-state index in [1.807, 2.05) is 0 Å². The van der Waals surface area contributed by atoms with Gasteiger partial charge in [-0.15, -0.1) is 0 Å². The summed E-state index contributed by atoms with van der Waals surface area (Å²) in [6.07, 6.45) is 1.14. The Bertz CT molecular complexity index is 181. The second-order valence-corrected chi connectivity index (χ2v) is 4.61. The molecule has 98 valence electrons. The highest BCUT2D eigenvalue weighted by Crippen LogP contribution is 1.91. The van der Waals surface area contributed by atoms with Crippen LogP contribution in [0.3, 0.4) is 0 Å². The van der Waals surface area contributed by atoms with Gasteiger partial charge in [0.2, 0.25) is 0 Å². The standard InChI is InChI=1S/C5H12N2O2.C5H14NO/c6-3-1-2-4(7)5(8)9;1-6(2,3)4-5-7/h4H,1-3,6-7H2,(H,8,9);7H,4-5H2,1-3H3/q;+1. The van der Waals surface area contributed by atoms with Crippen molar-refractivity contribution >= 4 is 5.97 Å². The van der Waals surface area contributed by atoms with Gasteiger partial charge in [0.15, 0.2) is 0 Å². The molecule has 1 atom stereocenters. The van der Waals surface area contributed by atoms with Gasteiger partial charge >= 0.3 is 5.97 Å². The highest BCUT2D eigenvalue weighted by Gasteiger charge is 2.08. The number of quaternary nitrogens is 1. The summed E-state index contributed by atoms with van der Waals surface area (Å²) in [5.41, 5.74) is 10.3. The molecule has 0 aromatic rings. The molecule has 0 aromatic heterocycles. The molecule has 6 heteroatoms. The first-order valence-electron chi connectivity index (χ1n) is 5.34. The van der Waals surface area contributed by atoms with E-state index >= 15 is 0 Å². The molecule has 0 aliphatic rings. The number of aliphatic hydroxyl groups is 1. The van der Waals surface area contributed by atoms with Crippen molar-refractivity contribution in [1.29, 1.82) is 0 Å². The number of hydrogen-bond acceptors (Lipinski definition) is 4. The highest BCUT2D eigenvalue weighted by atomic mass is 16.4. The zero-order valence-corrected chi connectivity index (χ0v) is 10.5. The Balaban J connectivity index is 0. The Morgan fingerprint density at radius 2 is 1.88 bits per heavy atom. The predicted molar refractivity (Wildman–Crippen MR) is 63.9 cm³/mol.